The topological polar surface area (TPSA) is 125 Å². The minimum Gasteiger partial charge on any atom is -0.481 e. The molecule has 0 radical (unpaired) electrons. The lowest BCUT2D eigenvalue weighted by Crippen LogP contribution is -2.31. The SMILES string of the molecule is O=C(O)CCCCCC(=O)NCc1ccc([C@H]2O[C@@H](CSCCO)C[C@@H](c3ccc(CO)cc3)O2)cc1. The summed E-state index contributed by atoms with van der Waals surface area (Å²) in [5.41, 5.74) is 3.74. The number of ether oxygens (including phenoxy) is 2. The summed E-state index contributed by atoms with van der Waals surface area (Å²) in [5.74, 6) is 0.563. The second-order valence-electron chi connectivity index (χ2n) is 9.12. The van der Waals surface area contributed by atoms with Gasteiger partial charge in [0.2, 0.25) is 5.91 Å². The van der Waals surface area contributed by atoms with Crippen molar-refractivity contribution < 1.29 is 34.4 Å². The maximum absolute atomic E-state index is 12.1. The van der Waals surface area contributed by atoms with Gasteiger partial charge < -0.3 is 30.1 Å². The van der Waals surface area contributed by atoms with E-state index in [9.17, 15) is 14.7 Å². The van der Waals surface area contributed by atoms with Crippen LogP contribution in [-0.2, 0) is 32.2 Å². The number of unbranched alkanes of at least 4 members (excludes halogenated alkanes) is 2. The third kappa shape index (κ3) is 10.1. The van der Waals surface area contributed by atoms with Crippen LogP contribution in [0.5, 0.6) is 0 Å². The molecule has 3 atom stereocenters. The van der Waals surface area contributed by atoms with Crippen LogP contribution >= 0.6 is 11.8 Å². The smallest absolute Gasteiger partial charge is 0.303 e. The van der Waals surface area contributed by atoms with Gasteiger partial charge in [-0.15, -0.1) is 0 Å². The van der Waals surface area contributed by atoms with Gasteiger partial charge in [-0.2, -0.15) is 11.8 Å². The first-order valence-corrected chi connectivity index (χ1v) is 13.9. The Bertz CT molecular complexity index is 968. The first kappa shape index (κ1) is 29.1. The normalized spacial score (nSPS) is 19.5. The number of aliphatic carboxylic acids is 1. The van der Waals surface area contributed by atoms with Crippen LogP contribution in [0.4, 0.5) is 0 Å². The predicted molar refractivity (Wildman–Crippen MR) is 142 cm³/mol. The van der Waals surface area contributed by atoms with Crippen molar-refractivity contribution in [1.29, 1.82) is 0 Å². The van der Waals surface area contributed by atoms with Crippen LogP contribution < -0.4 is 5.32 Å². The molecule has 0 aromatic heterocycles. The molecule has 37 heavy (non-hydrogen) atoms. The fourth-order valence-corrected chi connectivity index (χ4v) is 4.90. The van der Waals surface area contributed by atoms with Crippen molar-refractivity contribution >= 4 is 23.6 Å². The van der Waals surface area contributed by atoms with Crippen LogP contribution in [0.1, 0.15) is 73.2 Å². The molecule has 0 unspecified atom stereocenters. The Balaban J connectivity index is 1.55. The van der Waals surface area contributed by atoms with E-state index in [0.29, 0.717) is 38.0 Å². The van der Waals surface area contributed by atoms with Gasteiger partial charge in [0, 0.05) is 42.9 Å². The van der Waals surface area contributed by atoms with Crippen LogP contribution in [-0.4, -0.2) is 51.4 Å². The number of benzene rings is 2. The van der Waals surface area contributed by atoms with Crippen molar-refractivity contribution in [3.63, 3.8) is 0 Å². The number of rotatable bonds is 15. The molecule has 4 N–H and O–H groups in total. The highest BCUT2D eigenvalue weighted by Gasteiger charge is 2.32. The Morgan fingerprint density at radius 2 is 1.57 bits per heavy atom. The Kier molecular flexibility index (Phi) is 12.4. The second kappa shape index (κ2) is 15.7. The van der Waals surface area contributed by atoms with E-state index in [2.05, 4.69) is 5.32 Å². The van der Waals surface area contributed by atoms with Crippen molar-refractivity contribution in [2.75, 3.05) is 18.1 Å². The maximum atomic E-state index is 12.1. The predicted octanol–water partition coefficient (Wildman–Crippen LogP) is 4.10. The molecule has 1 amide bonds. The number of hydrogen-bond donors (Lipinski definition) is 4. The summed E-state index contributed by atoms with van der Waals surface area (Å²) < 4.78 is 12.6. The largest absolute Gasteiger partial charge is 0.481 e. The molecular weight excluding hydrogens is 494 g/mol. The van der Waals surface area contributed by atoms with Crippen molar-refractivity contribution in [3.05, 3.63) is 70.8 Å². The number of carboxylic acids is 1. The van der Waals surface area contributed by atoms with Gasteiger partial charge in [0.1, 0.15) is 0 Å². The molecule has 8 nitrogen and oxygen atoms in total. The van der Waals surface area contributed by atoms with Crippen LogP contribution in [0.2, 0.25) is 0 Å². The highest BCUT2D eigenvalue weighted by molar-refractivity contribution is 7.99. The summed E-state index contributed by atoms with van der Waals surface area (Å²) in [6.07, 6.45) is 2.49. The minimum absolute atomic E-state index is 0.00242. The molecule has 1 aliphatic rings. The molecule has 0 bridgehead atoms. The van der Waals surface area contributed by atoms with E-state index in [1.807, 2.05) is 48.5 Å². The summed E-state index contributed by atoms with van der Waals surface area (Å²) in [4.78, 5) is 22.6. The Morgan fingerprint density at radius 1 is 0.892 bits per heavy atom. The number of aliphatic hydroxyl groups is 2. The van der Waals surface area contributed by atoms with E-state index in [4.69, 9.17) is 19.7 Å². The van der Waals surface area contributed by atoms with E-state index in [0.717, 1.165) is 34.4 Å². The summed E-state index contributed by atoms with van der Waals surface area (Å²) in [5, 5.41) is 30.1. The number of carboxylic acid groups (broad SMARTS) is 1. The highest BCUT2D eigenvalue weighted by atomic mass is 32.2. The highest BCUT2D eigenvalue weighted by Crippen LogP contribution is 2.38. The fraction of sp³-hybridized carbons (Fsp3) is 0.500. The standard InChI is InChI=1S/C28H37NO7S/c30-14-15-37-19-24-16-25(22-10-8-21(18-31)9-11-22)36-28(35-24)23-12-6-20(7-13-23)17-29-26(32)4-2-1-3-5-27(33)34/h6-13,24-25,28,30-31H,1-5,14-19H2,(H,29,32)(H,33,34)/t24-,25+,28+/m1/s1. The van der Waals surface area contributed by atoms with Gasteiger partial charge in [0.15, 0.2) is 6.29 Å². The van der Waals surface area contributed by atoms with Gasteiger partial charge >= 0.3 is 5.97 Å². The van der Waals surface area contributed by atoms with Crippen LogP contribution in [0.3, 0.4) is 0 Å². The third-order valence-electron chi connectivity index (χ3n) is 6.19. The van der Waals surface area contributed by atoms with Gasteiger partial charge in [-0.3, -0.25) is 9.59 Å². The molecule has 0 saturated carbocycles. The average molecular weight is 532 g/mol. The Hall–Kier alpha value is -2.43. The van der Waals surface area contributed by atoms with E-state index in [1.54, 1.807) is 11.8 Å². The molecule has 1 fully saturated rings. The number of hydrogen-bond acceptors (Lipinski definition) is 7. The summed E-state index contributed by atoms with van der Waals surface area (Å²) in [7, 11) is 0. The molecule has 0 spiro atoms. The first-order valence-electron chi connectivity index (χ1n) is 12.7. The summed E-state index contributed by atoms with van der Waals surface area (Å²) >= 11 is 1.65. The molecule has 3 rings (SSSR count). The van der Waals surface area contributed by atoms with Crippen molar-refractivity contribution in [1.82, 2.24) is 5.32 Å². The van der Waals surface area contributed by atoms with Gasteiger partial charge in [-0.25, -0.2) is 0 Å². The summed E-state index contributed by atoms with van der Waals surface area (Å²) in [6, 6.07) is 15.6. The van der Waals surface area contributed by atoms with E-state index in [-0.39, 0.29) is 37.7 Å². The Labute approximate surface area is 222 Å². The first-order chi connectivity index (χ1) is 18.0. The molecule has 0 aliphatic carbocycles. The summed E-state index contributed by atoms with van der Waals surface area (Å²) in [6.45, 7) is 0.546. The third-order valence-corrected chi connectivity index (χ3v) is 7.27. The van der Waals surface area contributed by atoms with E-state index in [1.165, 1.54) is 0 Å². The lowest BCUT2D eigenvalue weighted by atomic mass is 10.0. The lowest BCUT2D eigenvalue weighted by molar-refractivity contribution is -0.245. The number of carbonyl (C=O) groups excluding carboxylic acids is 1. The van der Waals surface area contributed by atoms with Gasteiger partial charge in [-0.05, 0) is 29.5 Å². The lowest BCUT2D eigenvalue weighted by Gasteiger charge is -2.36. The zero-order valence-electron chi connectivity index (χ0n) is 21.0. The second-order valence-corrected chi connectivity index (χ2v) is 10.3. The van der Waals surface area contributed by atoms with Gasteiger partial charge in [0.25, 0.3) is 0 Å². The minimum atomic E-state index is -0.805. The van der Waals surface area contributed by atoms with Crippen LogP contribution in [0.25, 0.3) is 0 Å². The zero-order chi connectivity index (χ0) is 26.5. The van der Waals surface area contributed by atoms with Crippen molar-refractivity contribution in [2.24, 2.45) is 0 Å². The van der Waals surface area contributed by atoms with E-state index >= 15 is 0 Å². The zero-order valence-corrected chi connectivity index (χ0v) is 21.8. The molecule has 202 valence electrons. The number of nitrogens with one attached hydrogen (secondary N) is 1. The number of thioether (sulfide) groups is 1. The van der Waals surface area contributed by atoms with Crippen LogP contribution in [0.15, 0.2) is 48.5 Å². The quantitative estimate of drug-likeness (QED) is 0.253. The molecule has 2 aromatic carbocycles. The monoisotopic (exact) mass is 531 g/mol. The fourth-order valence-electron chi connectivity index (χ4n) is 4.12. The Morgan fingerprint density at radius 3 is 2.24 bits per heavy atom. The average Bonchev–Trinajstić information content (AvgIpc) is 2.92. The molecule has 1 aliphatic heterocycles. The molecule has 1 heterocycles. The molecular formula is C28H37NO7S. The van der Waals surface area contributed by atoms with Gasteiger partial charge in [0.05, 0.1) is 25.4 Å². The van der Waals surface area contributed by atoms with Gasteiger partial charge in [-0.1, -0.05) is 55.0 Å². The van der Waals surface area contributed by atoms with E-state index < -0.39 is 12.3 Å². The van der Waals surface area contributed by atoms with Crippen molar-refractivity contribution in [2.45, 2.75) is 70.2 Å². The molecule has 2 aromatic rings. The van der Waals surface area contributed by atoms with Crippen molar-refractivity contribution in [3.8, 4) is 0 Å². The molecule has 9 heteroatoms. The number of aliphatic hydroxyl groups excluding tert-OH is 2. The molecule has 1 saturated heterocycles. The maximum Gasteiger partial charge on any atom is 0.303 e. The number of carbonyl (C=O) groups is 2. The van der Waals surface area contributed by atoms with Crippen LogP contribution in [0, 0.1) is 0 Å². The number of amides is 1.